The lowest BCUT2D eigenvalue weighted by Gasteiger charge is -2.20. The predicted octanol–water partition coefficient (Wildman–Crippen LogP) is 21.5. The van der Waals surface area contributed by atoms with Crippen LogP contribution in [0.15, 0.2) is 36.5 Å². The SMILES string of the molecule is CCCCCC/C=C\C/C=C\CCCCCCCC(=O)OCCCCCCCCCCCCCCCCCCCCCCCCCC(=O)NC(CO)C(O)/C=C/CCCCCCCCCCCCCCCCCCC. The Bertz CT molecular complexity index is 1210. The second kappa shape index (κ2) is 64.6. The van der Waals surface area contributed by atoms with Gasteiger partial charge in [-0.25, -0.2) is 0 Å². The lowest BCUT2D eigenvalue weighted by Crippen LogP contribution is -2.45. The number of aliphatic hydroxyl groups excluding tert-OH is 2. The fraction of sp³-hybridized carbons (Fsp3) is 0.884. The summed E-state index contributed by atoms with van der Waals surface area (Å²) in [6.07, 6.45) is 82.0. The summed E-state index contributed by atoms with van der Waals surface area (Å²) in [5, 5.41) is 23.2. The molecule has 442 valence electrons. The minimum Gasteiger partial charge on any atom is -0.466 e. The minimum absolute atomic E-state index is 0.000796. The molecular formula is C69H131NO5. The zero-order chi connectivity index (χ0) is 54.3. The van der Waals surface area contributed by atoms with Crippen molar-refractivity contribution in [1.29, 1.82) is 0 Å². The first kappa shape index (κ1) is 73.1. The van der Waals surface area contributed by atoms with Gasteiger partial charge in [0.05, 0.1) is 25.4 Å². The summed E-state index contributed by atoms with van der Waals surface area (Å²) in [4.78, 5) is 24.6. The van der Waals surface area contributed by atoms with Crippen molar-refractivity contribution in [2.75, 3.05) is 13.2 Å². The zero-order valence-electron chi connectivity index (χ0n) is 50.5. The Labute approximate surface area is 468 Å². The Morgan fingerprint density at radius 1 is 0.373 bits per heavy atom. The average molecular weight is 1050 g/mol. The van der Waals surface area contributed by atoms with E-state index in [9.17, 15) is 19.8 Å². The number of hydrogen-bond acceptors (Lipinski definition) is 5. The molecule has 3 N–H and O–H groups in total. The van der Waals surface area contributed by atoms with E-state index in [0.717, 1.165) is 51.4 Å². The first-order valence-electron chi connectivity index (χ1n) is 33.8. The number of allylic oxidation sites excluding steroid dienone is 5. The van der Waals surface area contributed by atoms with Gasteiger partial charge >= 0.3 is 5.97 Å². The standard InChI is InChI=1S/C69H131NO5/c1-3-5-7-9-11-13-15-17-19-21-27-30-33-37-41-45-49-53-57-61-67(72)66(65-71)70-68(73)62-58-54-50-46-42-38-34-31-28-25-23-22-24-26-29-32-36-40-44-48-52-56-60-64-75-69(74)63-59-55-51-47-43-39-35-20-18-16-14-12-10-8-6-4-2/h14,16,20,35,57,61,66-67,71-72H,3-13,15,17-19,21-34,36-56,58-60,62-65H2,1-2H3,(H,70,73)/b16-14-,35-20-,61-57+. The number of amides is 1. The van der Waals surface area contributed by atoms with Crippen LogP contribution in [-0.4, -0.2) is 47.4 Å². The van der Waals surface area contributed by atoms with Gasteiger partial charge in [0.1, 0.15) is 0 Å². The number of carbonyl (C=O) groups is 2. The second-order valence-corrected chi connectivity index (χ2v) is 23.2. The molecule has 0 bridgehead atoms. The average Bonchev–Trinajstić information content (AvgIpc) is 3.41. The van der Waals surface area contributed by atoms with Crippen LogP contribution in [0.1, 0.15) is 367 Å². The van der Waals surface area contributed by atoms with Gasteiger partial charge in [0, 0.05) is 12.8 Å². The number of nitrogens with one attached hydrogen (secondary N) is 1. The number of aliphatic hydroxyl groups is 2. The van der Waals surface area contributed by atoms with E-state index in [1.54, 1.807) is 6.08 Å². The van der Waals surface area contributed by atoms with Crippen molar-refractivity contribution in [2.45, 2.75) is 379 Å². The smallest absolute Gasteiger partial charge is 0.305 e. The van der Waals surface area contributed by atoms with Crippen LogP contribution >= 0.6 is 0 Å². The first-order chi connectivity index (χ1) is 37.0. The summed E-state index contributed by atoms with van der Waals surface area (Å²) >= 11 is 0. The third-order valence-electron chi connectivity index (χ3n) is 15.7. The molecule has 0 rings (SSSR count). The highest BCUT2D eigenvalue weighted by Gasteiger charge is 2.18. The van der Waals surface area contributed by atoms with Gasteiger partial charge in [0.2, 0.25) is 5.91 Å². The molecule has 2 unspecified atom stereocenters. The van der Waals surface area contributed by atoms with E-state index in [1.807, 2.05) is 6.08 Å². The van der Waals surface area contributed by atoms with Crippen molar-refractivity contribution in [3.63, 3.8) is 0 Å². The molecule has 0 aromatic carbocycles. The second-order valence-electron chi connectivity index (χ2n) is 23.2. The zero-order valence-corrected chi connectivity index (χ0v) is 50.5. The van der Waals surface area contributed by atoms with Crippen LogP contribution in [0.3, 0.4) is 0 Å². The molecule has 6 nitrogen and oxygen atoms in total. The van der Waals surface area contributed by atoms with E-state index in [2.05, 4.69) is 43.5 Å². The topological polar surface area (TPSA) is 95.9 Å². The maximum atomic E-state index is 12.5. The minimum atomic E-state index is -0.845. The fourth-order valence-corrected chi connectivity index (χ4v) is 10.5. The van der Waals surface area contributed by atoms with Crippen LogP contribution in [0.25, 0.3) is 0 Å². The van der Waals surface area contributed by atoms with Crippen molar-refractivity contribution in [2.24, 2.45) is 0 Å². The largest absolute Gasteiger partial charge is 0.466 e. The van der Waals surface area contributed by atoms with Gasteiger partial charge in [-0.2, -0.15) is 0 Å². The van der Waals surface area contributed by atoms with E-state index in [0.29, 0.717) is 19.4 Å². The number of esters is 1. The Morgan fingerprint density at radius 2 is 0.667 bits per heavy atom. The van der Waals surface area contributed by atoms with Crippen LogP contribution in [0.5, 0.6) is 0 Å². The highest BCUT2D eigenvalue weighted by Crippen LogP contribution is 2.18. The summed E-state index contributed by atoms with van der Waals surface area (Å²) < 4.78 is 5.49. The molecule has 6 heteroatoms. The highest BCUT2D eigenvalue weighted by molar-refractivity contribution is 5.76. The normalized spacial score (nSPS) is 12.7. The lowest BCUT2D eigenvalue weighted by molar-refractivity contribution is -0.143. The molecule has 2 atom stereocenters. The van der Waals surface area contributed by atoms with Crippen molar-refractivity contribution >= 4 is 11.9 Å². The Morgan fingerprint density at radius 3 is 1.03 bits per heavy atom. The van der Waals surface area contributed by atoms with Crippen LogP contribution in [0.4, 0.5) is 0 Å². The molecule has 75 heavy (non-hydrogen) atoms. The Kier molecular flexibility index (Phi) is 63.0. The van der Waals surface area contributed by atoms with E-state index in [-0.39, 0.29) is 18.5 Å². The van der Waals surface area contributed by atoms with E-state index < -0.39 is 12.1 Å². The number of hydrogen-bond donors (Lipinski definition) is 3. The summed E-state index contributed by atoms with van der Waals surface area (Å²) in [7, 11) is 0. The van der Waals surface area contributed by atoms with E-state index in [1.165, 1.54) is 289 Å². The molecule has 0 aliphatic carbocycles. The van der Waals surface area contributed by atoms with Gasteiger partial charge in [0.25, 0.3) is 0 Å². The molecule has 0 fully saturated rings. The van der Waals surface area contributed by atoms with Crippen LogP contribution in [0.2, 0.25) is 0 Å². The summed E-state index contributed by atoms with van der Waals surface area (Å²) in [6.45, 7) is 4.91. The highest BCUT2D eigenvalue weighted by atomic mass is 16.5. The maximum Gasteiger partial charge on any atom is 0.305 e. The van der Waals surface area contributed by atoms with Gasteiger partial charge in [0.15, 0.2) is 0 Å². The summed E-state index contributed by atoms with van der Waals surface area (Å²) in [6, 6.07) is -0.629. The molecule has 1 amide bonds. The van der Waals surface area contributed by atoms with Crippen molar-refractivity contribution < 1.29 is 24.5 Å². The summed E-state index contributed by atoms with van der Waals surface area (Å²) in [5.41, 5.74) is 0. The molecule has 0 aliphatic heterocycles. The third-order valence-corrected chi connectivity index (χ3v) is 15.7. The van der Waals surface area contributed by atoms with Gasteiger partial charge in [-0.05, 0) is 64.2 Å². The van der Waals surface area contributed by atoms with Crippen LogP contribution in [0, 0.1) is 0 Å². The van der Waals surface area contributed by atoms with Crippen molar-refractivity contribution in [3.05, 3.63) is 36.5 Å². The Hall–Kier alpha value is -1.92. The number of unbranched alkanes of at least 4 members (excludes halogenated alkanes) is 48. The molecular weight excluding hydrogens is 923 g/mol. The molecule has 0 aliphatic rings. The summed E-state index contributed by atoms with van der Waals surface area (Å²) in [5.74, 6) is -0.0639. The Balaban J connectivity index is 3.40. The maximum absolute atomic E-state index is 12.5. The first-order valence-corrected chi connectivity index (χ1v) is 33.8. The number of ether oxygens (including phenoxy) is 1. The molecule has 0 aromatic heterocycles. The van der Waals surface area contributed by atoms with Gasteiger partial charge in [-0.1, -0.05) is 326 Å². The van der Waals surface area contributed by atoms with Crippen molar-refractivity contribution in [3.8, 4) is 0 Å². The lowest BCUT2D eigenvalue weighted by atomic mass is 10.0. The quantitative estimate of drug-likeness (QED) is 0.0320. The third kappa shape index (κ3) is 61.2. The molecule has 0 heterocycles. The molecule has 0 aromatic rings. The molecule has 0 saturated heterocycles. The van der Waals surface area contributed by atoms with Gasteiger partial charge in [-0.15, -0.1) is 0 Å². The van der Waals surface area contributed by atoms with E-state index >= 15 is 0 Å². The number of carbonyl (C=O) groups excluding carboxylic acids is 2. The number of rotatable bonds is 63. The fourth-order valence-electron chi connectivity index (χ4n) is 10.5. The van der Waals surface area contributed by atoms with Crippen LogP contribution < -0.4 is 5.32 Å². The van der Waals surface area contributed by atoms with Crippen molar-refractivity contribution in [1.82, 2.24) is 5.32 Å². The van der Waals surface area contributed by atoms with Gasteiger partial charge in [-0.3, -0.25) is 9.59 Å². The molecule has 0 saturated carbocycles. The van der Waals surface area contributed by atoms with Gasteiger partial charge < -0.3 is 20.3 Å². The van der Waals surface area contributed by atoms with Crippen LogP contribution in [-0.2, 0) is 14.3 Å². The van der Waals surface area contributed by atoms with E-state index in [4.69, 9.17) is 4.74 Å². The predicted molar refractivity (Wildman–Crippen MR) is 329 cm³/mol. The monoisotopic (exact) mass is 1050 g/mol. The molecule has 0 spiro atoms. The molecule has 0 radical (unpaired) electrons.